The van der Waals surface area contributed by atoms with E-state index in [4.69, 9.17) is 9.84 Å². The van der Waals surface area contributed by atoms with Crippen LogP contribution in [0.4, 0.5) is 0 Å². The molecule has 0 aromatic carbocycles. The standard InChI is InChI=1S/C11H19NO4/c1-7(6-16-2)12-10(13)8-4-3-5-9(8)11(14)15/h7-9H,3-6H2,1-2H3,(H,12,13)(H,14,15). The van der Waals surface area contributed by atoms with E-state index < -0.39 is 11.9 Å². The van der Waals surface area contributed by atoms with Gasteiger partial charge in [0.25, 0.3) is 0 Å². The summed E-state index contributed by atoms with van der Waals surface area (Å²) in [5.74, 6) is -1.92. The Morgan fingerprint density at radius 2 is 2.06 bits per heavy atom. The first-order chi connectivity index (χ1) is 7.56. The molecule has 16 heavy (non-hydrogen) atoms. The molecule has 3 atom stereocenters. The van der Waals surface area contributed by atoms with Gasteiger partial charge in [0.1, 0.15) is 0 Å². The van der Waals surface area contributed by atoms with Crippen LogP contribution >= 0.6 is 0 Å². The van der Waals surface area contributed by atoms with Crippen LogP contribution in [0.3, 0.4) is 0 Å². The lowest BCUT2D eigenvalue weighted by molar-refractivity contribution is -0.146. The quantitative estimate of drug-likeness (QED) is 0.725. The highest BCUT2D eigenvalue weighted by Crippen LogP contribution is 2.32. The molecule has 1 fully saturated rings. The third kappa shape index (κ3) is 3.20. The van der Waals surface area contributed by atoms with Gasteiger partial charge in [-0.3, -0.25) is 9.59 Å². The molecule has 2 N–H and O–H groups in total. The summed E-state index contributed by atoms with van der Waals surface area (Å²) in [6, 6.07) is -0.0763. The van der Waals surface area contributed by atoms with Crippen LogP contribution in [0.15, 0.2) is 0 Å². The summed E-state index contributed by atoms with van der Waals surface area (Å²) in [6.07, 6.45) is 2.09. The molecular formula is C11H19NO4. The number of hydrogen-bond acceptors (Lipinski definition) is 3. The molecule has 1 aliphatic carbocycles. The van der Waals surface area contributed by atoms with Gasteiger partial charge in [-0.15, -0.1) is 0 Å². The van der Waals surface area contributed by atoms with Gasteiger partial charge in [-0.1, -0.05) is 6.42 Å². The zero-order valence-electron chi connectivity index (χ0n) is 9.73. The van der Waals surface area contributed by atoms with Crippen LogP contribution in [-0.2, 0) is 14.3 Å². The summed E-state index contributed by atoms with van der Waals surface area (Å²) < 4.78 is 4.91. The molecule has 1 aliphatic rings. The van der Waals surface area contributed by atoms with Crippen molar-refractivity contribution in [2.45, 2.75) is 32.2 Å². The van der Waals surface area contributed by atoms with Gasteiger partial charge in [0.05, 0.1) is 18.4 Å². The van der Waals surface area contributed by atoms with Gasteiger partial charge in [-0.25, -0.2) is 0 Å². The maximum Gasteiger partial charge on any atom is 0.307 e. The van der Waals surface area contributed by atoms with Crippen molar-refractivity contribution in [1.29, 1.82) is 0 Å². The normalized spacial score (nSPS) is 26.4. The van der Waals surface area contributed by atoms with Crippen LogP contribution in [0.1, 0.15) is 26.2 Å². The van der Waals surface area contributed by atoms with Gasteiger partial charge in [0.2, 0.25) is 5.91 Å². The Balaban J connectivity index is 2.49. The maximum absolute atomic E-state index is 11.8. The third-order valence-electron chi connectivity index (χ3n) is 2.98. The number of hydrogen-bond donors (Lipinski definition) is 2. The van der Waals surface area contributed by atoms with Gasteiger partial charge < -0.3 is 15.2 Å². The van der Waals surface area contributed by atoms with E-state index in [1.165, 1.54) is 0 Å². The Hall–Kier alpha value is -1.10. The van der Waals surface area contributed by atoms with Crippen molar-refractivity contribution in [1.82, 2.24) is 5.32 Å². The van der Waals surface area contributed by atoms with Gasteiger partial charge in [-0.05, 0) is 19.8 Å². The molecule has 3 unspecified atom stereocenters. The second kappa shape index (κ2) is 5.84. The fourth-order valence-corrected chi connectivity index (χ4v) is 2.21. The third-order valence-corrected chi connectivity index (χ3v) is 2.98. The van der Waals surface area contributed by atoms with Gasteiger partial charge in [-0.2, -0.15) is 0 Å². The zero-order valence-corrected chi connectivity index (χ0v) is 9.73. The summed E-state index contributed by atoms with van der Waals surface area (Å²) in [4.78, 5) is 22.7. The molecule has 1 rings (SSSR count). The second-order valence-electron chi connectivity index (χ2n) is 4.35. The van der Waals surface area contributed by atoms with Crippen molar-refractivity contribution >= 4 is 11.9 Å². The molecule has 0 aromatic rings. The Bertz CT molecular complexity index is 267. The minimum absolute atomic E-state index is 0.0763. The summed E-state index contributed by atoms with van der Waals surface area (Å²) in [7, 11) is 1.57. The van der Waals surface area contributed by atoms with E-state index in [-0.39, 0.29) is 17.9 Å². The van der Waals surface area contributed by atoms with Crippen molar-refractivity contribution in [3.05, 3.63) is 0 Å². The summed E-state index contributed by atoms with van der Waals surface area (Å²) >= 11 is 0. The van der Waals surface area contributed by atoms with Crippen LogP contribution in [0.25, 0.3) is 0 Å². The molecule has 0 heterocycles. The first-order valence-electron chi connectivity index (χ1n) is 5.58. The van der Waals surface area contributed by atoms with E-state index in [1.54, 1.807) is 7.11 Å². The number of rotatable bonds is 5. The topological polar surface area (TPSA) is 75.6 Å². The van der Waals surface area contributed by atoms with E-state index >= 15 is 0 Å². The lowest BCUT2D eigenvalue weighted by Gasteiger charge is -2.19. The molecule has 0 saturated heterocycles. The van der Waals surface area contributed by atoms with Crippen molar-refractivity contribution in [3.63, 3.8) is 0 Å². The largest absolute Gasteiger partial charge is 0.481 e. The second-order valence-corrected chi connectivity index (χ2v) is 4.35. The highest BCUT2D eigenvalue weighted by atomic mass is 16.5. The predicted molar refractivity (Wildman–Crippen MR) is 57.9 cm³/mol. The van der Waals surface area contributed by atoms with E-state index in [2.05, 4.69) is 5.32 Å². The van der Waals surface area contributed by atoms with E-state index in [0.717, 1.165) is 6.42 Å². The first kappa shape index (κ1) is 13.0. The fraction of sp³-hybridized carbons (Fsp3) is 0.818. The van der Waals surface area contributed by atoms with Crippen molar-refractivity contribution in [2.75, 3.05) is 13.7 Å². The number of carboxylic acids is 1. The zero-order chi connectivity index (χ0) is 12.1. The Kier molecular flexibility index (Phi) is 4.73. The molecule has 0 bridgehead atoms. The van der Waals surface area contributed by atoms with Crippen LogP contribution in [-0.4, -0.2) is 36.7 Å². The number of methoxy groups -OCH3 is 1. The number of carboxylic acid groups (broad SMARTS) is 1. The Morgan fingerprint density at radius 3 is 2.62 bits per heavy atom. The van der Waals surface area contributed by atoms with E-state index in [0.29, 0.717) is 19.4 Å². The molecule has 92 valence electrons. The number of nitrogens with one attached hydrogen (secondary N) is 1. The van der Waals surface area contributed by atoms with Gasteiger partial charge >= 0.3 is 5.97 Å². The lowest BCUT2D eigenvalue weighted by Crippen LogP contribution is -2.41. The molecule has 1 amide bonds. The van der Waals surface area contributed by atoms with Crippen LogP contribution in [0, 0.1) is 11.8 Å². The lowest BCUT2D eigenvalue weighted by atomic mass is 9.95. The van der Waals surface area contributed by atoms with Crippen molar-refractivity contribution in [3.8, 4) is 0 Å². The smallest absolute Gasteiger partial charge is 0.307 e. The molecule has 5 nitrogen and oxygen atoms in total. The average Bonchev–Trinajstić information content (AvgIpc) is 2.65. The predicted octanol–water partition coefficient (Wildman–Crippen LogP) is 0.638. The van der Waals surface area contributed by atoms with Crippen LogP contribution < -0.4 is 5.32 Å². The Morgan fingerprint density at radius 1 is 1.44 bits per heavy atom. The number of amides is 1. The minimum atomic E-state index is -0.864. The van der Waals surface area contributed by atoms with Crippen LogP contribution in [0.2, 0.25) is 0 Å². The number of carbonyl (C=O) groups is 2. The SMILES string of the molecule is COCC(C)NC(=O)C1CCCC1C(=O)O. The fourth-order valence-electron chi connectivity index (χ4n) is 2.21. The Labute approximate surface area is 95.2 Å². The molecule has 1 saturated carbocycles. The number of ether oxygens (including phenoxy) is 1. The molecule has 0 aromatic heterocycles. The molecule has 5 heteroatoms. The summed E-state index contributed by atoms with van der Waals surface area (Å²) in [6.45, 7) is 2.28. The summed E-state index contributed by atoms with van der Waals surface area (Å²) in [5, 5.41) is 11.7. The number of carbonyl (C=O) groups excluding carboxylic acids is 1. The van der Waals surface area contributed by atoms with Gasteiger partial charge in [0.15, 0.2) is 0 Å². The van der Waals surface area contributed by atoms with Crippen molar-refractivity contribution in [2.24, 2.45) is 11.8 Å². The highest BCUT2D eigenvalue weighted by Gasteiger charge is 2.37. The average molecular weight is 229 g/mol. The van der Waals surface area contributed by atoms with Gasteiger partial charge in [0, 0.05) is 13.2 Å². The van der Waals surface area contributed by atoms with E-state index in [9.17, 15) is 9.59 Å². The monoisotopic (exact) mass is 229 g/mol. The molecule has 0 spiro atoms. The molecular weight excluding hydrogens is 210 g/mol. The maximum atomic E-state index is 11.8. The minimum Gasteiger partial charge on any atom is -0.481 e. The van der Waals surface area contributed by atoms with Crippen LogP contribution in [0.5, 0.6) is 0 Å². The molecule has 0 radical (unpaired) electrons. The van der Waals surface area contributed by atoms with Crippen molar-refractivity contribution < 1.29 is 19.4 Å². The summed E-state index contributed by atoms with van der Waals surface area (Å²) in [5.41, 5.74) is 0. The molecule has 0 aliphatic heterocycles. The number of aliphatic carboxylic acids is 1. The highest BCUT2D eigenvalue weighted by molar-refractivity contribution is 5.85. The first-order valence-corrected chi connectivity index (χ1v) is 5.58. The van der Waals surface area contributed by atoms with E-state index in [1.807, 2.05) is 6.92 Å².